The maximum atomic E-state index is 7.18. The van der Waals surface area contributed by atoms with Gasteiger partial charge < -0.3 is 18.7 Å². The molecular weight excluding hydrogens is 978 g/mol. The van der Waals surface area contributed by atoms with Crippen molar-refractivity contribution in [3.8, 4) is 73.2 Å². The molecule has 10 aromatic rings. The van der Waals surface area contributed by atoms with Gasteiger partial charge in [-0.25, -0.2) is 4.98 Å². The van der Waals surface area contributed by atoms with E-state index in [-0.39, 0.29) is 21.1 Å². The number of ether oxygens (including phenoxy) is 1. The Morgan fingerprint density at radius 1 is 0.569 bits per heavy atom. The summed E-state index contributed by atoms with van der Waals surface area (Å²) in [5, 5.41) is 1.85. The Hall–Kier alpha value is -6.88. The number of hydrogen-bond donors (Lipinski definition) is 0. The molecule has 1 aliphatic rings. The van der Waals surface area contributed by atoms with E-state index >= 15 is 0 Å². The molecule has 0 amide bonds. The Morgan fingerprint density at radius 2 is 1.23 bits per heavy atom. The van der Waals surface area contributed by atoms with Gasteiger partial charge in [0, 0.05) is 46.2 Å². The Kier molecular flexibility index (Phi) is 10.3. The largest absolute Gasteiger partial charge is 2.00 e. The smallest absolute Gasteiger partial charge is 0.496 e. The van der Waals surface area contributed by atoms with Crippen molar-refractivity contribution in [2.75, 3.05) is 0 Å². The quantitative estimate of drug-likeness (QED) is 0.165. The molecule has 7 heteroatoms. The van der Waals surface area contributed by atoms with Crippen LogP contribution in [0.2, 0.25) is 0 Å². The normalized spacial score (nSPS) is 12.7. The average Bonchev–Trinajstić information content (AvgIpc) is 3.87. The predicted molar refractivity (Wildman–Crippen MR) is 260 cm³/mol. The molecular formula is C58H47N5OPt. The van der Waals surface area contributed by atoms with Gasteiger partial charge in [-0.3, -0.25) is 4.98 Å². The van der Waals surface area contributed by atoms with Gasteiger partial charge in [-0.15, -0.1) is 23.3 Å². The summed E-state index contributed by atoms with van der Waals surface area (Å²) in [5.41, 5.74) is 18.9. The number of aryl methyl sites for hydroxylation is 6. The summed E-state index contributed by atoms with van der Waals surface area (Å²) in [6, 6.07) is 52.6. The summed E-state index contributed by atoms with van der Waals surface area (Å²) < 4.78 is 11.6. The molecule has 0 saturated carbocycles. The number of para-hydroxylation sites is 1. The zero-order valence-corrected chi connectivity index (χ0v) is 40.0. The molecule has 0 N–H and O–H groups in total. The summed E-state index contributed by atoms with van der Waals surface area (Å²) in [7, 11) is 0. The molecule has 1 aliphatic heterocycles. The molecule has 320 valence electrons. The van der Waals surface area contributed by atoms with E-state index in [0.717, 1.165) is 95.3 Å². The number of pyridine rings is 2. The first kappa shape index (κ1) is 42.1. The van der Waals surface area contributed by atoms with Gasteiger partial charge in [0.25, 0.3) is 0 Å². The first-order valence-electron chi connectivity index (χ1n) is 21.9. The van der Waals surface area contributed by atoms with E-state index in [9.17, 15) is 0 Å². The van der Waals surface area contributed by atoms with Crippen LogP contribution in [0.1, 0.15) is 58.9 Å². The van der Waals surface area contributed by atoms with E-state index in [1.165, 1.54) is 27.8 Å². The fourth-order valence-corrected chi connectivity index (χ4v) is 9.66. The van der Waals surface area contributed by atoms with Crippen molar-refractivity contribution in [3.63, 3.8) is 0 Å². The fraction of sp³-hybridized carbons (Fsp3) is 0.155. The molecule has 4 aromatic heterocycles. The third-order valence-corrected chi connectivity index (χ3v) is 13.3. The average molecular weight is 1030 g/mol. The molecule has 0 fully saturated rings. The molecule has 0 aliphatic carbocycles. The van der Waals surface area contributed by atoms with E-state index in [1.807, 2.05) is 0 Å². The van der Waals surface area contributed by atoms with Crippen LogP contribution in [0.4, 0.5) is 0 Å². The summed E-state index contributed by atoms with van der Waals surface area (Å²) in [5.74, 6) is 1.88. The Bertz CT molecular complexity index is 3480. The second kappa shape index (κ2) is 16.0. The van der Waals surface area contributed by atoms with Crippen molar-refractivity contribution in [3.05, 3.63) is 197 Å². The number of fused-ring (bicyclic) bond motifs is 14. The van der Waals surface area contributed by atoms with Crippen molar-refractivity contribution in [2.45, 2.75) is 60.8 Å². The minimum absolute atomic E-state index is 0. The number of aromatic nitrogens is 5. The first-order chi connectivity index (χ1) is 30.9. The summed E-state index contributed by atoms with van der Waals surface area (Å²) >= 11 is 0. The maximum Gasteiger partial charge on any atom is 2.00 e. The Balaban J connectivity index is 0.00000498. The second-order valence-corrected chi connectivity index (χ2v) is 17.9. The maximum absolute atomic E-state index is 7.18. The van der Waals surface area contributed by atoms with Crippen LogP contribution < -0.4 is 4.74 Å². The van der Waals surface area contributed by atoms with E-state index < -0.39 is 5.41 Å². The first-order valence-corrected chi connectivity index (χ1v) is 21.9. The van der Waals surface area contributed by atoms with Crippen LogP contribution in [0, 0.1) is 53.7 Å². The van der Waals surface area contributed by atoms with E-state index in [2.05, 4.69) is 216 Å². The van der Waals surface area contributed by atoms with Crippen LogP contribution >= 0.6 is 0 Å². The van der Waals surface area contributed by atoms with Crippen molar-refractivity contribution in [1.82, 2.24) is 23.9 Å². The predicted octanol–water partition coefficient (Wildman–Crippen LogP) is 14.3. The number of benzene rings is 6. The van der Waals surface area contributed by atoms with Crippen LogP contribution in [0.3, 0.4) is 0 Å². The third kappa shape index (κ3) is 7.03. The van der Waals surface area contributed by atoms with E-state index in [0.29, 0.717) is 11.5 Å². The van der Waals surface area contributed by atoms with Gasteiger partial charge in [0.05, 0.1) is 23.0 Å². The van der Waals surface area contributed by atoms with Gasteiger partial charge in [-0.1, -0.05) is 132 Å². The molecule has 0 radical (unpaired) electrons. The molecule has 0 unspecified atom stereocenters. The van der Waals surface area contributed by atoms with Crippen LogP contribution in [0.5, 0.6) is 11.5 Å². The van der Waals surface area contributed by atoms with Crippen molar-refractivity contribution < 1.29 is 25.8 Å². The summed E-state index contributed by atoms with van der Waals surface area (Å²) in [4.78, 5) is 16.3. The Morgan fingerprint density at radius 3 is 1.94 bits per heavy atom. The topological polar surface area (TPSA) is 57.2 Å². The van der Waals surface area contributed by atoms with Crippen LogP contribution in [0.25, 0.3) is 78.1 Å². The monoisotopic (exact) mass is 1020 g/mol. The molecule has 0 spiro atoms. The molecule has 5 heterocycles. The van der Waals surface area contributed by atoms with Crippen LogP contribution in [-0.4, -0.2) is 23.9 Å². The van der Waals surface area contributed by atoms with Crippen molar-refractivity contribution in [1.29, 1.82) is 0 Å². The fourth-order valence-electron chi connectivity index (χ4n) is 9.66. The van der Waals surface area contributed by atoms with Crippen LogP contribution in [-0.2, 0) is 26.5 Å². The third-order valence-electron chi connectivity index (χ3n) is 13.3. The molecule has 0 saturated heterocycles. The summed E-state index contributed by atoms with van der Waals surface area (Å²) in [6.45, 7) is 17.3. The second-order valence-electron chi connectivity index (χ2n) is 17.9. The number of rotatable bonds is 4. The van der Waals surface area contributed by atoms with Crippen molar-refractivity contribution in [2.24, 2.45) is 0 Å². The molecule has 11 rings (SSSR count). The number of hydrogen-bond acceptors (Lipinski definition) is 4. The van der Waals surface area contributed by atoms with Gasteiger partial charge in [-0.05, 0) is 118 Å². The molecule has 65 heavy (non-hydrogen) atoms. The molecule has 6 nitrogen and oxygen atoms in total. The molecule has 6 aromatic carbocycles. The molecule has 8 bridgehead atoms. The van der Waals surface area contributed by atoms with Gasteiger partial charge in [0.1, 0.15) is 5.65 Å². The Labute approximate surface area is 394 Å². The molecule has 0 atom stereocenters. The van der Waals surface area contributed by atoms with Gasteiger partial charge in [0.15, 0.2) is 0 Å². The van der Waals surface area contributed by atoms with Crippen LogP contribution in [0.15, 0.2) is 140 Å². The number of nitrogens with zero attached hydrogens (tertiary/aromatic N) is 5. The zero-order valence-electron chi connectivity index (χ0n) is 37.7. The standard InChI is InChI=1S/C58H47N5O.Pt/c1-34-16-14-17-35(2)54(34)42-26-44-28-45(27-42)64-51-31-41(29-48-47(51)24-25-62-39(6)38(5)59-57(48)62)49-30-43(55-36(3)18-15-19-37(55)4)32-52(60-49)58(7,8)53-33-63(56(44)61-53)50-23-13-12-22-46(50)40-20-10-9-11-21-40;/h9-27,29-30,32-33H,1-8H3;/q-2;+2. The van der Waals surface area contributed by atoms with Gasteiger partial charge in [-0.2, -0.15) is 0 Å². The SMILES string of the molecule is Cc1cccc(C)c1-c1cc2[c-]c(c1)-c1nc(cn1-c1ccccc1-c1ccccc1)C(C)(C)c1cc(-c3c(C)cccc3C)cc(n1)-c1[c-]c(c3ccn4c(C)c(C)nc4c3c1)O2.[Pt+2]. The van der Waals surface area contributed by atoms with E-state index in [1.54, 1.807) is 0 Å². The van der Waals surface area contributed by atoms with Crippen molar-refractivity contribution >= 4 is 16.4 Å². The van der Waals surface area contributed by atoms with Gasteiger partial charge >= 0.3 is 21.1 Å². The van der Waals surface area contributed by atoms with Gasteiger partial charge in [0.2, 0.25) is 0 Å². The van der Waals surface area contributed by atoms with E-state index in [4.69, 9.17) is 19.7 Å². The minimum Gasteiger partial charge on any atom is -0.496 e. The summed E-state index contributed by atoms with van der Waals surface area (Å²) in [6.07, 6.45) is 4.28. The number of imidazole rings is 2. The zero-order chi connectivity index (χ0) is 44.0. The minimum atomic E-state index is -0.666.